The van der Waals surface area contributed by atoms with Crippen molar-refractivity contribution < 1.29 is 19.4 Å². The molecule has 208 valence electrons. The number of aliphatic hydroxyl groups is 1. The van der Waals surface area contributed by atoms with E-state index in [0.29, 0.717) is 23.9 Å². The molecule has 5 rings (SSSR count). The van der Waals surface area contributed by atoms with Crippen LogP contribution in [0.15, 0.2) is 85.2 Å². The topological polar surface area (TPSA) is 97.6 Å². The summed E-state index contributed by atoms with van der Waals surface area (Å²) in [5.41, 5.74) is 4.15. The predicted molar refractivity (Wildman–Crippen MR) is 154 cm³/mol. The molecule has 1 saturated heterocycles. The zero-order valence-electron chi connectivity index (χ0n) is 21.8. The van der Waals surface area contributed by atoms with Gasteiger partial charge in [-0.25, -0.2) is 9.78 Å². The number of hydrogen-bond acceptors (Lipinski definition) is 5. The van der Waals surface area contributed by atoms with Crippen LogP contribution in [-0.4, -0.2) is 33.3 Å². The molecule has 2 amide bonds. The minimum Gasteiger partial charge on any atom is -0.392 e. The molecule has 4 aromatic rings. The highest BCUT2D eigenvalue weighted by Gasteiger charge is 2.42. The Balaban J connectivity index is 1.55. The van der Waals surface area contributed by atoms with Crippen LogP contribution in [0.2, 0.25) is 10.3 Å². The Hall–Kier alpha value is -3.40. The van der Waals surface area contributed by atoms with E-state index in [1.54, 1.807) is 10.9 Å². The number of halogens is 2. The van der Waals surface area contributed by atoms with Crippen LogP contribution in [-0.2, 0) is 22.6 Å². The van der Waals surface area contributed by atoms with E-state index in [-0.39, 0.29) is 23.7 Å². The molecule has 1 aliphatic heterocycles. The highest BCUT2D eigenvalue weighted by atomic mass is 35.5. The minimum atomic E-state index is -0.749. The molecule has 3 aromatic carbocycles. The highest BCUT2D eigenvalue weighted by Crippen LogP contribution is 2.47. The van der Waals surface area contributed by atoms with Crippen molar-refractivity contribution in [2.24, 2.45) is 0 Å². The van der Waals surface area contributed by atoms with Gasteiger partial charge < -0.3 is 29.8 Å². The number of carbonyl (C=O) groups excluding carboxylic acids is 1. The molecule has 0 saturated carbocycles. The number of rotatable bonds is 8. The molecular formula is C30H30Cl2N4O4. The molecule has 2 heterocycles. The van der Waals surface area contributed by atoms with E-state index in [1.807, 2.05) is 73.7 Å². The summed E-state index contributed by atoms with van der Waals surface area (Å²) in [4.78, 5) is 16.3. The SMILES string of the molecule is CCNC(=O)Nc1cccc(C2OC(Cn3cnc(Cl)c3Cl)C(c3ccccc3)C(c3ccc(CO)cc3)O2)c1. The van der Waals surface area contributed by atoms with Gasteiger partial charge in [0.1, 0.15) is 5.15 Å². The number of nitrogens with zero attached hydrogens (tertiary/aromatic N) is 2. The molecule has 4 atom stereocenters. The Kier molecular flexibility index (Phi) is 9.04. The number of amides is 2. The number of imidazole rings is 1. The molecule has 0 radical (unpaired) electrons. The fraction of sp³-hybridized carbons (Fsp3) is 0.267. The number of hydrogen-bond donors (Lipinski definition) is 3. The lowest BCUT2D eigenvalue weighted by atomic mass is 9.83. The second-order valence-electron chi connectivity index (χ2n) is 9.49. The number of urea groups is 1. The van der Waals surface area contributed by atoms with Gasteiger partial charge >= 0.3 is 6.03 Å². The van der Waals surface area contributed by atoms with E-state index < -0.39 is 18.5 Å². The number of ether oxygens (including phenoxy) is 2. The largest absolute Gasteiger partial charge is 0.392 e. The van der Waals surface area contributed by atoms with E-state index in [1.165, 1.54) is 0 Å². The van der Waals surface area contributed by atoms with E-state index in [2.05, 4.69) is 27.8 Å². The molecule has 1 aliphatic rings. The van der Waals surface area contributed by atoms with Crippen LogP contribution in [0.3, 0.4) is 0 Å². The molecule has 0 bridgehead atoms. The van der Waals surface area contributed by atoms with Crippen LogP contribution in [0.4, 0.5) is 10.5 Å². The van der Waals surface area contributed by atoms with Gasteiger partial charge in [0.05, 0.1) is 31.7 Å². The molecule has 0 spiro atoms. The van der Waals surface area contributed by atoms with Crippen LogP contribution in [0, 0.1) is 0 Å². The van der Waals surface area contributed by atoms with Crippen molar-refractivity contribution in [3.8, 4) is 0 Å². The minimum absolute atomic E-state index is 0.0480. The Morgan fingerprint density at radius 3 is 2.40 bits per heavy atom. The van der Waals surface area contributed by atoms with E-state index in [4.69, 9.17) is 32.7 Å². The van der Waals surface area contributed by atoms with Crippen molar-refractivity contribution in [1.82, 2.24) is 14.9 Å². The quantitative estimate of drug-likeness (QED) is 0.222. The predicted octanol–water partition coefficient (Wildman–Crippen LogP) is 6.46. The second-order valence-corrected chi connectivity index (χ2v) is 10.2. The summed E-state index contributed by atoms with van der Waals surface area (Å²) >= 11 is 12.6. The van der Waals surface area contributed by atoms with Gasteiger partial charge in [-0.3, -0.25) is 0 Å². The van der Waals surface area contributed by atoms with Gasteiger partial charge in [0.15, 0.2) is 11.4 Å². The maximum absolute atomic E-state index is 12.1. The summed E-state index contributed by atoms with van der Waals surface area (Å²) < 4.78 is 15.2. The number of anilines is 1. The normalized spacial score (nSPS) is 20.7. The van der Waals surface area contributed by atoms with Crippen molar-refractivity contribution in [1.29, 1.82) is 0 Å². The van der Waals surface area contributed by atoms with Gasteiger partial charge in [0, 0.05) is 23.7 Å². The zero-order valence-corrected chi connectivity index (χ0v) is 23.3. The fourth-order valence-electron chi connectivity index (χ4n) is 4.93. The number of nitrogens with one attached hydrogen (secondary N) is 2. The summed E-state index contributed by atoms with van der Waals surface area (Å²) in [6, 6.07) is 24.9. The molecule has 10 heteroatoms. The Morgan fingerprint density at radius 1 is 0.975 bits per heavy atom. The lowest BCUT2D eigenvalue weighted by Crippen LogP contribution is -2.39. The third-order valence-corrected chi connectivity index (χ3v) is 7.60. The molecular weight excluding hydrogens is 551 g/mol. The van der Waals surface area contributed by atoms with Gasteiger partial charge in [-0.05, 0) is 35.7 Å². The van der Waals surface area contributed by atoms with Gasteiger partial charge in [0.2, 0.25) is 0 Å². The van der Waals surface area contributed by atoms with Crippen molar-refractivity contribution >= 4 is 34.9 Å². The summed E-state index contributed by atoms with van der Waals surface area (Å²) in [5.74, 6) is -0.216. The first-order valence-electron chi connectivity index (χ1n) is 13.0. The molecule has 8 nitrogen and oxygen atoms in total. The molecule has 3 N–H and O–H groups in total. The van der Waals surface area contributed by atoms with Crippen molar-refractivity contribution in [3.05, 3.63) is 118 Å². The van der Waals surface area contributed by atoms with Crippen molar-refractivity contribution in [2.45, 2.75) is 44.5 Å². The van der Waals surface area contributed by atoms with Crippen LogP contribution in [0.25, 0.3) is 0 Å². The lowest BCUT2D eigenvalue weighted by Gasteiger charge is -2.43. The third kappa shape index (κ3) is 6.32. The zero-order chi connectivity index (χ0) is 28.1. The first-order chi connectivity index (χ1) is 19.5. The number of aromatic nitrogens is 2. The van der Waals surface area contributed by atoms with Crippen LogP contribution < -0.4 is 10.6 Å². The smallest absolute Gasteiger partial charge is 0.319 e. The lowest BCUT2D eigenvalue weighted by molar-refractivity contribution is -0.263. The molecule has 40 heavy (non-hydrogen) atoms. The Bertz CT molecular complexity index is 1430. The van der Waals surface area contributed by atoms with Crippen LogP contribution in [0.5, 0.6) is 0 Å². The summed E-state index contributed by atoms with van der Waals surface area (Å²) in [7, 11) is 0. The van der Waals surface area contributed by atoms with E-state index in [0.717, 1.165) is 22.3 Å². The maximum Gasteiger partial charge on any atom is 0.319 e. The Labute approximate surface area is 242 Å². The monoisotopic (exact) mass is 580 g/mol. The van der Waals surface area contributed by atoms with Gasteiger partial charge in [-0.15, -0.1) is 0 Å². The third-order valence-electron chi connectivity index (χ3n) is 6.83. The Morgan fingerprint density at radius 2 is 1.73 bits per heavy atom. The van der Waals surface area contributed by atoms with Crippen molar-refractivity contribution in [2.75, 3.05) is 11.9 Å². The van der Waals surface area contributed by atoms with Crippen LogP contribution in [0.1, 0.15) is 47.5 Å². The highest BCUT2D eigenvalue weighted by molar-refractivity contribution is 6.40. The summed E-state index contributed by atoms with van der Waals surface area (Å²) in [5, 5.41) is 15.7. The van der Waals surface area contributed by atoms with Gasteiger partial charge in [-0.1, -0.05) is 89.9 Å². The summed E-state index contributed by atoms with van der Waals surface area (Å²) in [6.45, 7) is 2.70. The fourth-order valence-corrected chi connectivity index (χ4v) is 5.24. The molecule has 4 unspecified atom stereocenters. The maximum atomic E-state index is 12.1. The van der Waals surface area contributed by atoms with Crippen molar-refractivity contribution in [3.63, 3.8) is 0 Å². The van der Waals surface area contributed by atoms with Gasteiger partial charge in [-0.2, -0.15) is 0 Å². The number of benzene rings is 3. The molecule has 1 aromatic heterocycles. The average molecular weight is 582 g/mol. The summed E-state index contributed by atoms with van der Waals surface area (Å²) in [6.07, 6.45) is 0.0482. The first-order valence-corrected chi connectivity index (χ1v) is 13.8. The van der Waals surface area contributed by atoms with E-state index in [9.17, 15) is 9.90 Å². The van der Waals surface area contributed by atoms with E-state index >= 15 is 0 Å². The van der Waals surface area contributed by atoms with Crippen LogP contribution >= 0.6 is 23.2 Å². The molecule has 0 aliphatic carbocycles. The number of aliphatic hydroxyl groups excluding tert-OH is 1. The molecule has 1 fully saturated rings. The second kappa shape index (κ2) is 12.8. The van der Waals surface area contributed by atoms with Gasteiger partial charge in [0.25, 0.3) is 0 Å². The standard InChI is InChI=1S/C30H30Cl2N4O4/c1-2-33-30(38)35-23-10-6-9-22(15-23)29-39-24(16-36-18-34-27(31)28(36)32)25(20-7-4-3-5-8-20)26(40-29)21-13-11-19(17-37)12-14-21/h3-15,18,24-26,29,37H,2,16-17H2,1H3,(H2,33,35,38). The average Bonchev–Trinajstić information content (AvgIpc) is 3.29. The first kappa shape index (κ1) is 28.1. The number of carbonyl (C=O) groups is 1.